The van der Waals surface area contributed by atoms with E-state index in [4.69, 9.17) is 17.3 Å². The van der Waals surface area contributed by atoms with E-state index >= 15 is 0 Å². The summed E-state index contributed by atoms with van der Waals surface area (Å²) < 4.78 is 0.975. The Hall–Kier alpha value is -3.19. The number of hydrogen-bond donors (Lipinski definition) is 2. The van der Waals surface area contributed by atoms with Crippen molar-refractivity contribution < 1.29 is 9.59 Å². The van der Waals surface area contributed by atoms with Crippen LogP contribution in [-0.4, -0.2) is 26.6 Å². The molecule has 0 aliphatic carbocycles. The molecule has 132 valence electrons. The number of aromatic nitrogens is 3. The fourth-order valence-electron chi connectivity index (χ4n) is 2.31. The number of amides is 1. The van der Waals surface area contributed by atoms with Crippen LogP contribution in [0.25, 0.3) is 0 Å². The summed E-state index contributed by atoms with van der Waals surface area (Å²) in [5.74, 6) is -0.598. The molecule has 0 atom stereocenters. The van der Waals surface area contributed by atoms with Gasteiger partial charge in [0.2, 0.25) is 11.9 Å². The van der Waals surface area contributed by atoms with Gasteiger partial charge >= 0.3 is 0 Å². The summed E-state index contributed by atoms with van der Waals surface area (Å²) in [6, 6.07) is 15.9. The summed E-state index contributed by atoms with van der Waals surface area (Å²) in [7, 11) is 0. The number of carbonyl (C=O) groups excluding carboxylic acids is 2. The zero-order valence-electron chi connectivity index (χ0n) is 13.7. The van der Waals surface area contributed by atoms with Crippen LogP contribution < -0.4 is 11.1 Å². The molecule has 3 rings (SSSR count). The number of hydrogen-bond acceptors (Lipinski definition) is 5. The van der Waals surface area contributed by atoms with Crippen molar-refractivity contribution in [1.82, 2.24) is 20.1 Å². The normalized spacial score (nSPS) is 10.5. The molecular formula is C18H16ClN5O2. The monoisotopic (exact) mass is 369 g/mol. The molecule has 0 fully saturated rings. The minimum atomic E-state index is -0.442. The van der Waals surface area contributed by atoms with E-state index in [0.29, 0.717) is 17.1 Å². The first-order chi connectivity index (χ1) is 12.5. The molecule has 0 aliphatic rings. The van der Waals surface area contributed by atoms with Crippen LogP contribution in [-0.2, 0) is 17.8 Å². The van der Waals surface area contributed by atoms with E-state index in [0.717, 1.165) is 10.2 Å². The van der Waals surface area contributed by atoms with Crippen molar-refractivity contribution in [2.75, 3.05) is 5.73 Å². The van der Waals surface area contributed by atoms with E-state index in [9.17, 15) is 9.59 Å². The van der Waals surface area contributed by atoms with Crippen LogP contribution in [0, 0.1) is 0 Å². The summed E-state index contributed by atoms with van der Waals surface area (Å²) in [5, 5.41) is 7.33. The first-order valence-electron chi connectivity index (χ1n) is 7.85. The van der Waals surface area contributed by atoms with Gasteiger partial charge in [0.25, 0.3) is 5.91 Å². The highest BCUT2D eigenvalue weighted by atomic mass is 35.5. The molecule has 0 saturated heterocycles. The van der Waals surface area contributed by atoms with Gasteiger partial charge in [0, 0.05) is 17.1 Å². The van der Waals surface area contributed by atoms with Gasteiger partial charge in [0.1, 0.15) is 0 Å². The highest BCUT2D eigenvalue weighted by Gasteiger charge is 2.17. The quantitative estimate of drug-likeness (QED) is 0.716. The van der Waals surface area contributed by atoms with E-state index < -0.39 is 5.91 Å². The van der Waals surface area contributed by atoms with Gasteiger partial charge < -0.3 is 11.1 Å². The fourth-order valence-corrected chi connectivity index (χ4v) is 2.44. The number of nitrogens with two attached hydrogens (primary N) is 1. The third-order valence-corrected chi connectivity index (χ3v) is 3.86. The molecule has 8 heteroatoms. The molecule has 0 spiro atoms. The second-order valence-corrected chi connectivity index (χ2v) is 5.99. The molecule has 26 heavy (non-hydrogen) atoms. The van der Waals surface area contributed by atoms with E-state index in [1.54, 1.807) is 24.3 Å². The molecule has 0 radical (unpaired) electrons. The van der Waals surface area contributed by atoms with Crippen LogP contribution in [0.1, 0.15) is 21.7 Å². The summed E-state index contributed by atoms with van der Waals surface area (Å²) in [6.07, 6.45) is -0.0715. The first kappa shape index (κ1) is 17.6. The van der Waals surface area contributed by atoms with Gasteiger partial charge in [-0.15, -0.1) is 5.10 Å². The smallest absolute Gasteiger partial charge is 0.281 e. The average molecular weight is 370 g/mol. The van der Waals surface area contributed by atoms with Crippen LogP contribution in [0.4, 0.5) is 5.95 Å². The molecule has 0 saturated carbocycles. The number of nitrogen functional groups attached to an aromatic ring is 1. The van der Waals surface area contributed by atoms with E-state index in [2.05, 4.69) is 15.4 Å². The van der Waals surface area contributed by atoms with Gasteiger partial charge in [-0.25, -0.2) is 0 Å². The zero-order chi connectivity index (χ0) is 18.5. The molecule has 3 aromatic rings. The predicted molar refractivity (Wildman–Crippen MR) is 97.6 cm³/mol. The summed E-state index contributed by atoms with van der Waals surface area (Å²) >= 11 is 5.81. The lowest BCUT2D eigenvalue weighted by atomic mass is 10.2. The standard InChI is InChI=1S/C18H16ClN5O2/c19-14-8-6-13(7-9-14)17(26)24-18(20)22-15(23-24)10-16(25)21-11-12-4-2-1-3-5-12/h1-9H,10-11H2,(H,21,25)(H2,20,22,23). The topological polar surface area (TPSA) is 103 Å². The maximum Gasteiger partial charge on any atom is 0.281 e. The number of nitrogens with one attached hydrogen (secondary N) is 1. The third kappa shape index (κ3) is 4.25. The van der Waals surface area contributed by atoms with Crippen molar-refractivity contribution in [1.29, 1.82) is 0 Å². The Labute approximate surface area is 154 Å². The first-order valence-corrected chi connectivity index (χ1v) is 8.23. The predicted octanol–water partition coefficient (Wildman–Crippen LogP) is 2.06. The Kier molecular flexibility index (Phi) is 5.28. The molecule has 0 aliphatic heterocycles. The van der Waals surface area contributed by atoms with Crippen LogP contribution in [0.15, 0.2) is 54.6 Å². The maximum absolute atomic E-state index is 12.4. The van der Waals surface area contributed by atoms with Gasteiger partial charge in [-0.3, -0.25) is 9.59 Å². The highest BCUT2D eigenvalue weighted by molar-refractivity contribution is 6.30. The highest BCUT2D eigenvalue weighted by Crippen LogP contribution is 2.12. The van der Waals surface area contributed by atoms with E-state index in [1.807, 2.05) is 30.3 Å². The Balaban J connectivity index is 1.65. The van der Waals surface area contributed by atoms with Crippen molar-refractivity contribution in [3.8, 4) is 0 Å². The second-order valence-electron chi connectivity index (χ2n) is 5.55. The lowest BCUT2D eigenvalue weighted by molar-refractivity contribution is -0.120. The average Bonchev–Trinajstić information content (AvgIpc) is 3.01. The zero-order valence-corrected chi connectivity index (χ0v) is 14.5. The van der Waals surface area contributed by atoms with Crippen LogP contribution >= 0.6 is 11.6 Å². The largest absolute Gasteiger partial charge is 0.368 e. The van der Waals surface area contributed by atoms with Gasteiger partial charge in [-0.1, -0.05) is 41.9 Å². The lowest BCUT2D eigenvalue weighted by Crippen LogP contribution is -2.25. The molecule has 0 unspecified atom stereocenters. The minimum Gasteiger partial charge on any atom is -0.368 e. The van der Waals surface area contributed by atoms with Crippen LogP contribution in [0.3, 0.4) is 0 Å². The molecule has 2 aromatic carbocycles. The molecule has 0 bridgehead atoms. The van der Waals surface area contributed by atoms with Gasteiger partial charge in [-0.05, 0) is 29.8 Å². The number of nitrogens with zero attached hydrogens (tertiary/aromatic N) is 3. The van der Waals surface area contributed by atoms with E-state index in [-0.39, 0.29) is 24.1 Å². The summed E-state index contributed by atoms with van der Waals surface area (Å²) in [4.78, 5) is 28.5. The van der Waals surface area contributed by atoms with Crippen molar-refractivity contribution in [3.05, 3.63) is 76.6 Å². The SMILES string of the molecule is Nc1nc(CC(=O)NCc2ccccc2)nn1C(=O)c1ccc(Cl)cc1. The Morgan fingerprint density at radius 2 is 1.77 bits per heavy atom. The van der Waals surface area contributed by atoms with Crippen molar-refractivity contribution >= 4 is 29.4 Å². The number of anilines is 1. The number of carbonyl (C=O) groups is 2. The minimum absolute atomic E-state index is 0.0715. The van der Waals surface area contributed by atoms with Gasteiger partial charge in [0.05, 0.1) is 6.42 Å². The molecule has 1 amide bonds. The lowest BCUT2D eigenvalue weighted by Gasteiger charge is -2.03. The molecule has 1 heterocycles. The molecular weight excluding hydrogens is 354 g/mol. The number of rotatable bonds is 5. The molecule has 7 nitrogen and oxygen atoms in total. The van der Waals surface area contributed by atoms with Crippen molar-refractivity contribution in [2.45, 2.75) is 13.0 Å². The summed E-state index contributed by atoms with van der Waals surface area (Å²) in [5.41, 5.74) is 7.11. The number of benzene rings is 2. The summed E-state index contributed by atoms with van der Waals surface area (Å²) in [6.45, 7) is 0.402. The number of halogens is 1. The Bertz CT molecular complexity index is 923. The van der Waals surface area contributed by atoms with Crippen molar-refractivity contribution in [3.63, 3.8) is 0 Å². The van der Waals surface area contributed by atoms with Crippen molar-refractivity contribution in [2.24, 2.45) is 0 Å². The van der Waals surface area contributed by atoms with E-state index in [1.165, 1.54) is 0 Å². The van der Waals surface area contributed by atoms with Crippen LogP contribution in [0.5, 0.6) is 0 Å². The third-order valence-electron chi connectivity index (χ3n) is 3.61. The fraction of sp³-hybridized carbons (Fsp3) is 0.111. The molecule has 1 aromatic heterocycles. The van der Waals surface area contributed by atoms with Crippen LogP contribution in [0.2, 0.25) is 5.02 Å². The Morgan fingerprint density at radius 1 is 1.08 bits per heavy atom. The second kappa shape index (κ2) is 7.79. The molecule has 3 N–H and O–H groups in total. The van der Waals surface area contributed by atoms with Gasteiger partial charge in [-0.2, -0.15) is 9.67 Å². The van der Waals surface area contributed by atoms with Gasteiger partial charge in [0.15, 0.2) is 5.82 Å². The maximum atomic E-state index is 12.4. The Morgan fingerprint density at radius 3 is 2.46 bits per heavy atom.